The van der Waals surface area contributed by atoms with Crippen LogP contribution in [0.1, 0.15) is 46.1 Å². The first-order valence-corrected chi connectivity index (χ1v) is 9.29. The summed E-state index contributed by atoms with van der Waals surface area (Å²) in [4.78, 5) is 28.7. The molecule has 0 bridgehead atoms. The number of rotatable bonds is 1. The molecule has 6 heteroatoms. The van der Waals surface area contributed by atoms with Gasteiger partial charge in [-0.1, -0.05) is 0 Å². The minimum atomic E-state index is 0.0562. The van der Waals surface area contributed by atoms with Crippen molar-refractivity contribution < 1.29 is 4.79 Å². The van der Waals surface area contributed by atoms with Crippen LogP contribution in [0.5, 0.6) is 0 Å². The van der Waals surface area contributed by atoms with Gasteiger partial charge in [0.1, 0.15) is 11.5 Å². The first kappa shape index (κ1) is 15.5. The van der Waals surface area contributed by atoms with Gasteiger partial charge < -0.3 is 9.47 Å². The van der Waals surface area contributed by atoms with Crippen LogP contribution in [0.2, 0.25) is 0 Å². The normalized spacial score (nSPS) is 16.4. The maximum Gasteiger partial charge on any atom is 0.274 e. The number of carbonyl (C=O) groups is 1. The molecule has 0 aliphatic carbocycles. The standard InChI is InChI=1S/C20H21N5O/c1-13-22-18(17-6-2-3-9-25(13)17)20(26)24-10-7-16-15(12-24)11-14-5-4-8-21-19(14)23-16/h4-5,8,11H,2-3,6-7,9-10,12H2,1H3. The SMILES string of the molecule is Cc1nc(C(=O)N2CCc3nc4ncccc4cc3C2)c2n1CCCC2. The largest absolute Gasteiger partial charge is 0.332 e. The van der Waals surface area contributed by atoms with Crippen LogP contribution in [-0.4, -0.2) is 36.9 Å². The second-order valence-electron chi connectivity index (χ2n) is 7.18. The highest BCUT2D eigenvalue weighted by atomic mass is 16.2. The van der Waals surface area contributed by atoms with Crippen LogP contribution >= 0.6 is 0 Å². The summed E-state index contributed by atoms with van der Waals surface area (Å²) in [6.45, 7) is 4.26. The number of hydrogen-bond donors (Lipinski definition) is 0. The Morgan fingerprint density at radius 1 is 1.15 bits per heavy atom. The summed E-state index contributed by atoms with van der Waals surface area (Å²) >= 11 is 0. The molecule has 0 saturated heterocycles. The molecule has 0 radical (unpaired) electrons. The van der Waals surface area contributed by atoms with Crippen molar-refractivity contribution in [1.82, 2.24) is 24.4 Å². The van der Waals surface area contributed by atoms with Crippen molar-refractivity contribution in [2.45, 2.75) is 45.7 Å². The second-order valence-corrected chi connectivity index (χ2v) is 7.18. The Kier molecular flexibility index (Phi) is 3.51. The van der Waals surface area contributed by atoms with Crippen LogP contribution in [0.4, 0.5) is 0 Å². The summed E-state index contributed by atoms with van der Waals surface area (Å²) in [6.07, 6.45) is 5.79. The molecule has 5 rings (SSSR count). The van der Waals surface area contributed by atoms with Crippen LogP contribution in [0.3, 0.4) is 0 Å². The Hall–Kier alpha value is -2.76. The van der Waals surface area contributed by atoms with E-state index < -0.39 is 0 Å². The molecule has 0 N–H and O–H groups in total. The molecular formula is C20H21N5O. The van der Waals surface area contributed by atoms with Gasteiger partial charge in [-0.15, -0.1) is 0 Å². The minimum Gasteiger partial charge on any atom is -0.332 e. The number of fused-ring (bicyclic) bond motifs is 3. The molecule has 2 aliphatic rings. The lowest BCUT2D eigenvalue weighted by atomic mass is 10.0. The molecule has 0 unspecified atom stereocenters. The van der Waals surface area contributed by atoms with Crippen LogP contribution in [0.15, 0.2) is 24.4 Å². The highest BCUT2D eigenvalue weighted by Crippen LogP contribution is 2.25. The molecule has 6 nitrogen and oxygen atoms in total. The summed E-state index contributed by atoms with van der Waals surface area (Å²) in [7, 11) is 0. The summed E-state index contributed by atoms with van der Waals surface area (Å²) in [6, 6.07) is 6.06. The smallest absolute Gasteiger partial charge is 0.274 e. The van der Waals surface area contributed by atoms with E-state index in [-0.39, 0.29) is 5.91 Å². The molecule has 5 heterocycles. The van der Waals surface area contributed by atoms with E-state index in [9.17, 15) is 4.79 Å². The lowest BCUT2D eigenvalue weighted by molar-refractivity contribution is 0.0726. The Balaban J connectivity index is 1.47. The van der Waals surface area contributed by atoms with Crippen molar-refractivity contribution in [2.24, 2.45) is 0 Å². The van der Waals surface area contributed by atoms with Gasteiger partial charge in [0.05, 0.1) is 5.69 Å². The van der Waals surface area contributed by atoms with Crippen molar-refractivity contribution >= 4 is 16.9 Å². The van der Waals surface area contributed by atoms with Crippen LogP contribution < -0.4 is 0 Å². The van der Waals surface area contributed by atoms with Crippen molar-refractivity contribution in [3.63, 3.8) is 0 Å². The van der Waals surface area contributed by atoms with Crippen LogP contribution in [-0.2, 0) is 25.9 Å². The first-order valence-electron chi connectivity index (χ1n) is 9.29. The van der Waals surface area contributed by atoms with Gasteiger partial charge in [0.2, 0.25) is 0 Å². The fraction of sp³-hybridized carbons (Fsp3) is 0.400. The molecule has 3 aromatic rings. The highest BCUT2D eigenvalue weighted by molar-refractivity contribution is 5.94. The molecule has 1 amide bonds. The first-order chi connectivity index (χ1) is 12.7. The maximum absolute atomic E-state index is 13.2. The van der Waals surface area contributed by atoms with Gasteiger partial charge >= 0.3 is 0 Å². The molecular weight excluding hydrogens is 326 g/mol. The molecule has 3 aromatic heterocycles. The third kappa shape index (κ3) is 2.40. The lowest BCUT2D eigenvalue weighted by Crippen LogP contribution is -2.37. The van der Waals surface area contributed by atoms with Gasteiger partial charge in [0.15, 0.2) is 5.65 Å². The maximum atomic E-state index is 13.2. The van der Waals surface area contributed by atoms with Gasteiger partial charge in [-0.3, -0.25) is 4.79 Å². The van der Waals surface area contributed by atoms with E-state index >= 15 is 0 Å². The van der Waals surface area contributed by atoms with E-state index in [2.05, 4.69) is 25.6 Å². The number of pyridine rings is 2. The van der Waals surface area contributed by atoms with Crippen molar-refractivity contribution in [3.8, 4) is 0 Å². The topological polar surface area (TPSA) is 63.9 Å². The number of imidazole rings is 1. The van der Waals surface area contributed by atoms with E-state index in [4.69, 9.17) is 0 Å². The number of hydrogen-bond acceptors (Lipinski definition) is 4. The van der Waals surface area contributed by atoms with E-state index in [1.165, 1.54) is 6.42 Å². The predicted molar refractivity (Wildman–Crippen MR) is 97.9 cm³/mol. The highest BCUT2D eigenvalue weighted by Gasteiger charge is 2.29. The number of amides is 1. The Morgan fingerprint density at radius 3 is 3.00 bits per heavy atom. The summed E-state index contributed by atoms with van der Waals surface area (Å²) in [5.74, 6) is 1.01. The zero-order valence-electron chi connectivity index (χ0n) is 14.9. The Bertz CT molecular complexity index is 1020. The predicted octanol–water partition coefficient (Wildman–Crippen LogP) is 2.67. The number of carbonyl (C=O) groups excluding carboxylic acids is 1. The fourth-order valence-electron chi connectivity index (χ4n) is 4.18. The summed E-state index contributed by atoms with van der Waals surface area (Å²) in [5.41, 5.74) is 4.73. The summed E-state index contributed by atoms with van der Waals surface area (Å²) < 4.78 is 2.22. The number of nitrogens with zero attached hydrogens (tertiary/aromatic N) is 5. The van der Waals surface area contributed by atoms with Crippen molar-refractivity contribution in [1.29, 1.82) is 0 Å². The van der Waals surface area contributed by atoms with Gasteiger partial charge in [-0.05, 0) is 49.9 Å². The molecule has 132 valence electrons. The van der Waals surface area contributed by atoms with Gasteiger partial charge in [0.25, 0.3) is 5.91 Å². The van der Waals surface area contributed by atoms with E-state index in [1.54, 1.807) is 6.20 Å². The molecule has 0 saturated carbocycles. The average molecular weight is 347 g/mol. The van der Waals surface area contributed by atoms with Crippen molar-refractivity contribution in [3.05, 3.63) is 52.9 Å². The number of aromatic nitrogens is 4. The molecule has 0 aromatic carbocycles. The quantitative estimate of drug-likeness (QED) is 0.679. The Morgan fingerprint density at radius 2 is 2.08 bits per heavy atom. The van der Waals surface area contributed by atoms with Crippen LogP contribution in [0.25, 0.3) is 11.0 Å². The van der Waals surface area contributed by atoms with E-state index in [0.29, 0.717) is 18.8 Å². The third-order valence-corrected chi connectivity index (χ3v) is 5.54. The van der Waals surface area contributed by atoms with E-state index in [1.807, 2.05) is 24.0 Å². The van der Waals surface area contributed by atoms with Crippen LogP contribution in [0, 0.1) is 6.92 Å². The second kappa shape index (κ2) is 5.90. The molecule has 0 spiro atoms. The zero-order chi connectivity index (χ0) is 17.7. The lowest BCUT2D eigenvalue weighted by Gasteiger charge is -2.28. The zero-order valence-corrected chi connectivity index (χ0v) is 14.9. The molecule has 0 atom stereocenters. The monoisotopic (exact) mass is 347 g/mol. The Labute approximate surface area is 151 Å². The minimum absolute atomic E-state index is 0.0562. The van der Waals surface area contributed by atoms with Gasteiger partial charge in [-0.2, -0.15) is 0 Å². The average Bonchev–Trinajstić information content (AvgIpc) is 3.02. The molecule has 2 aliphatic heterocycles. The van der Waals surface area contributed by atoms with E-state index in [0.717, 1.165) is 59.6 Å². The summed E-state index contributed by atoms with van der Waals surface area (Å²) in [5, 5.41) is 1.02. The van der Waals surface area contributed by atoms with Crippen molar-refractivity contribution in [2.75, 3.05) is 6.54 Å². The van der Waals surface area contributed by atoms with Gasteiger partial charge in [0, 0.05) is 43.3 Å². The fourth-order valence-corrected chi connectivity index (χ4v) is 4.18. The van der Waals surface area contributed by atoms with Gasteiger partial charge in [-0.25, -0.2) is 15.0 Å². The number of aryl methyl sites for hydroxylation is 1. The molecule has 26 heavy (non-hydrogen) atoms. The third-order valence-electron chi connectivity index (χ3n) is 5.54. The molecule has 0 fully saturated rings.